The van der Waals surface area contributed by atoms with Gasteiger partial charge in [0, 0.05) is 18.9 Å². The van der Waals surface area contributed by atoms with Crippen LogP contribution in [0, 0.1) is 0 Å². The lowest BCUT2D eigenvalue weighted by atomic mass is 10.1. The van der Waals surface area contributed by atoms with E-state index in [1.807, 2.05) is 0 Å². The van der Waals surface area contributed by atoms with Gasteiger partial charge in [-0.05, 0) is 50.4 Å². The van der Waals surface area contributed by atoms with Gasteiger partial charge >= 0.3 is 12.1 Å². The number of hydrogen-bond acceptors (Lipinski definition) is 4. The first-order chi connectivity index (χ1) is 11.2. The van der Waals surface area contributed by atoms with E-state index in [1.165, 1.54) is 18.2 Å². The number of hydrogen-bond donors (Lipinski definition) is 0. The van der Waals surface area contributed by atoms with Gasteiger partial charge in [-0.15, -0.1) is 0 Å². The van der Waals surface area contributed by atoms with E-state index in [0.717, 1.165) is 0 Å². The van der Waals surface area contributed by atoms with Gasteiger partial charge in [-0.1, -0.05) is 0 Å². The molecular weight excluding hydrogens is 461 g/mol. The molecule has 1 aromatic rings. The molecule has 0 aliphatic heterocycles. The van der Waals surface area contributed by atoms with E-state index in [9.17, 15) is 22.8 Å². The number of alkyl halides is 3. The maximum atomic E-state index is 12.3. The van der Waals surface area contributed by atoms with Crippen LogP contribution >= 0.6 is 31.9 Å². The van der Waals surface area contributed by atoms with Crippen molar-refractivity contribution in [2.24, 2.45) is 0 Å². The first kappa shape index (κ1) is 19.0. The van der Waals surface area contributed by atoms with Crippen LogP contribution in [0.4, 0.5) is 13.2 Å². The number of ketones is 1. The third kappa shape index (κ3) is 5.07. The lowest BCUT2D eigenvalue weighted by Gasteiger charge is -2.16. The second-order valence-electron chi connectivity index (χ2n) is 4.96. The molecule has 0 atom stereocenters. The molecule has 1 aliphatic rings. The Kier molecular flexibility index (Phi) is 6.08. The molecule has 1 aromatic carbocycles. The smallest absolute Gasteiger partial charge is 0.422 e. The van der Waals surface area contributed by atoms with Crippen LogP contribution in [0.1, 0.15) is 29.6 Å². The summed E-state index contributed by atoms with van der Waals surface area (Å²) in [7, 11) is 0. The Bertz CT molecular complexity index is 699. The van der Waals surface area contributed by atoms with Crippen molar-refractivity contribution < 1.29 is 32.2 Å². The number of halogens is 5. The molecule has 0 bridgehead atoms. The molecule has 0 unspecified atom stereocenters. The Morgan fingerprint density at radius 3 is 2.54 bits per heavy atom. The zero-order valence-electron chi connectivity index (χ0n) is 12.1. The first-order valence-corrected chi connectivity index (χ1v) is 8.39. The molecule has 4 nitrogen and oxygen atoms in total. The van der Waals surface area contributed by atoms with Gasteiger partial charge in [0.1, 0.15) is 11.5 Å². The molecule has 0 aromatic heterocycles. The van der Waals surface area contributed by atoms with E-state index >= 15 is 0 Å². The number of benzene rings is 1. The van der Waals surface area contributed by atoms with Crippen LogP contribution in [0.25, 0.3) is 0 Å². The molecule has 0 radical (unpaired) electrons. The third-order valence-electron chi connectivity index (χ3n) is 3.04. The highest BCUT2D eigenvalue weighted by Gasteiger charge is 2.30. The van der Waals surface area contributed by atoms with Crippen LogP contribution in [-0.4, -0.2) is 24.5 Å². The van der Waals surface area contributed by atoms with Gasteiger partial charge in [0.2, 0.25) is 0 Å². The van der Waals surface area contributed by atoms with Gasteiger partial charge in [-0.25, -0.2) is 4.79 Å². The van der Waals surface area contributed by atoms with E-state index < -0.39 is 18.8 Å². The Balaban J connectivity index is 2.21. The van der Waals surface area contributed by atoms with Crippen LogP contribution in [0.3, 0.4) is 0 Å². The van der Waals surface area contributed by atoms with E-state index in [0.29, 0.717) is 19.3 Å². The minimum absolute atomic E-state index is 0.00528. The Morgan fingerprint density at radius 1 is 1.21 bits per heavy atom. The minimum Gasteiger partial charge on any atom is -0.482 e. The molecule has 0 heterocycles. The molecule has 0 saturated carbocycles. The predicted molar refractivity (Wildman–Crippen MR) is 85.7 cm³/mol. The maximum absolute atomic E-state index is 12.3. The largest absolute Gasteiger partial charge is 0.482 e. The molecule has 0 amide bonds. The summed E-state index contributed by atoms with van der Waals surface area (Å²) < 4.78 is 47.1. The van der Waals surface area contributed by atoms with Crippen molar-refractivity contribution in [1.82, 2.24) is 0 Å². The fourth-order valence-corrected chi connectivity index (χ4v) is 3.32. The summed E-state index contributed by atoms with van der Waals surface area (Å²) in [4.78, 5) is 23.5. The second-order valence-corrected chi connectivity index (χ2v) is 6.61. The van der Waals surface area contributed by atoms with E-state index in [2.05, 4.69) is 31.9 Å². The van der Waals surface area contributed by atoms with E-state index in [4.69, 9.17) is 9.47 Å². The highest BCUT2D eigenvalue weighted by Crippen LogP contribution is 2.37. The predicted octanol–water partition coefficient (Wildman–Crippen LogP) is 4.95. The van der Waals surface area contributed by atoms with Gasteiger partial charge < -0.3 is 9.47 Å². The molecule has 1 aliphatic carbocycles. The van der Waals surface area contributed by atoms with E-state index in [1.54, 1.807) is 0 Å². The van der Waals surface area contributed by atoms with Gasteiger partial charge in [0.25, 0.3) is 0 Å². The molecule has 0 saturated heterocycles. The van der Waals surface area contributed by atoms with Crippen LogP contribution in [0.15, 0.2) is 32.9 Å². The molecule has 2 rings (SSSR count). The van der Waals surface area contributed by atoms with Crippen molar-refractivity contribution in [1.29, 1.82) is 0 Å². The van der Waals surface area contributed by atoms with Crippen LogP contribution < -0.4 is 4.74 Å². The van der Waals surface area contributed by atoms with Crippen molar-refractivity contribution in [3.05, 3.63) is 38.5 Å². The van der Waals surface area contributed by atoms with Crippen LogP contribution in [0.5, 0.6) is 5.75 Å². The van der Waals surface area contributed by atoms with Crippen LogP contribution in [0.2, 0.25) is 0 Å². The van der Waals surface area contributed by atoms with Gasteiger partial charge in [0.05, 0.1) is 14.5 Å². The summed E-state index contributed by atoms with van der Waals surface area (Å²) in [5.41, 5.74) is -0.00528. The van der Waals surface area contributed by atoms with Crippen molar-refractivity contribution in [3.63, 3.8) is 0 Å². The molecule has 24 heavy (non-hydrogen) atoms. The average molecular weight is 472 g/mol. The monoisotopic (exact) mass is 470 g/mol. The molecule has 0 N–H and O–H groups in total. The summed E-state index contributed by atoms with van der Waals surface area (Å²) in [6.45, 7) is -1.50. The van der Waals surface area contributed by atoms with Crippen molar-refractivity contribution in [2.75, 3.05) is 6.61 Å². The van der Waals surface area contributed by atoms with E-state index in [-0.39, 0.29) is 31.8 Å². The summed E-state index contributed by atoms with van der Waals surface area (Å²) >= 11 is 6.14. The zero-order valence-corrected chi connectivity index (χ0v) is 15.3. The van der Waals surface area contributed by atoms with Crippen molar-refractivity contribution in [2.45, 2.75) is 25.4 Å². The lowest BCUT2D eigenvalue weighted by Crippen LogP contribution is -2.20. The fraction of sp³-hybridized carbons (Fsp3) is 0.333. The molecule has 130 valence electrons. The van der Waals surface area contributed by atoms with Gasteiger partial charge in [0.15, 0.2) is 12.4 Å². The Morgan fingerprint density at radius 2 is 1.92 bits per heavy atom. The fourth-order valence-electron chi connectivity index (χ4n) is 1.99. The second kappa shape index (κ2) is 7.69. The lowest BCUT2D eigenvalue weighted by molar-refractivity contribution is -0.153. The van der Waals surface area contributed by atoms with Crippen molar-refractivity contribution in [3.8, 4) is 5.75 Å². The molecule has 0 spiro atoms. The number of carbonyl (C=O) groups excluding carboxylic acids is 2. The Hall–Kier alpha value is -1.35. The third-order valence-corrected chi connectivity index (χ3v) is 4.45. The normalized spacial score (nSPS) is 15.0. The maximum Gasteiger partial charge on any atom is 0.422 e. The molecule has 9 heteroatoms. The minimum atomic E-state index is -4.51. The van der Waals surface area contributed by atoms with Gasteiger partial charge in [-0.3, -0.25) is 4.79 Å². The zero-order chi connectivity index (χ0) is 17.9. The standard InChI is InChI=1S/C15H11Br2F3O4/c16-11-5-4-10(12(17)13(11)23-7-15(18,19)20)14(22)24-9-3-1-2-8(21)6-9/h4-6H,1-3,7H2. The van der Waals surface area contributed by atoms with Crippen molar-refractivity contribution >= 4 is 43.6 Å². The number of esters is 1. The molecular formula is C15H11Br2F3O4. The topological polar surface area (TPSA) is 52.6 Å². The highest BCUT2D eigenvalue weighted by molar-refractivity contribution is 9.11. The number of carbonyl (C=O) groups is 2. The summed E-state index contributed by atoms with van der Waals surface area (Å²) in [5.74, 6) is -0.834. The summed E-state index contributed by atoms with van der Waals surface area (Å²) in [5, 5.41) is 0. The molecule has 0 fully saturated rings. The quantitative estimate of drug-likeness (QED) is 0.583. The number of ether oxygens (including phenoxy) is 2. The summed E-state index contributed by atoms with van der Waals surface area (Å²) in [6, 6.07) is 2.76. The summed E-state index contributed by atoms with van der Waals surface area (Å²) in [6.07, 6.45) is -1.82. The first-order valence-electron chi connectivity index (χ1n) is 6.80. The number of allylic oxidation sites excluding steroid dienone is 2. The van der Waals surface area contributed by atoms with Gasteiger partial charge in [-0.2, -0.15) is 13.2 Å². The highest BCUT2D eigenvalue weighted by atomic mass is 79.9. The van der Waals surface area contributed by atoms with Crippen LogP contribution in [-0.2, 0) is 9.53 Å². The Labute approximate surface area is 152 Å². The SMILES string of the molecule is O=C1C=C(OC(=O)c2ccc(Br)c(OCC(F)(F)F)c2Br)CCC1. The average Bonchev–Trinajstić information content (AvgIpc) is 2.45. The number of rotatable bonds is 4.